The Morgan fingerprint density at radius 3 is 2.82 bits per heavy atom. The van der Waals surface area contributed by atoms with Crippen LogP contribution < -0.4 is 0 Å². The summed E-state index contributed by atoms with van der Waals surface area (Å²) in [7, 11) is 0. The molecular formula is C10H18O. The summed E-state index contributed by atoms with van der Waals surface area (Å²) in [5, 5.41) is 9.55. The molecule has 0 aromatic carbocycles. The molecule has 0 spiro atoms. The van der Waals surface area contributed by atoms with Crippen molar-refractivity contribution in [2.24, 2.45) is 11.8 Å². The van der Waals surface area contributed by atoms with E-state index in [4.69, 9.17) is 0 Å². The highest BCUT2D eigenvalue weighted by Crippen LogP contribution is 2.33. The van der Waals surface area contributed by atoms with Gasteiger partial charge in [0.05, 0.1) is 6.10 Å². The van der Waals surface area contributed by atoms with E-state index >= 15 is 0 Å². The van der Waals surface area contributed by atoms with Gasteiger partial charge in [-0.05, 0) is 31.1 Å². The molecule has 3 atom stereocenters. The molecule has 1 saturated carbocycles. The molecule has 1 aliphatic rings. The molecule has 0 aromatic heterocycles. The van der Waals surface area contributed by atoms with E-state index in [1.165, 1.54) is 12.8 Å². The lowest BCUT2D eigenvalue weighted by atomic mass is 9.88. The van der Waals surface area contributed by atoms with Crippen molar-refractivity contribution in [3.8, 4) is 0 Å². The molecule has 0 bridgehead atoms. The molecule has 11 heavy (non-hydrogen) atoms. The van der Waals surface area contributed by atoms with E-state index in [1.54, 1.807) is 0 Å². The lowest BCUT2D eigenvalue weighted by molar-refractivity contribution is 0.104. The van der Waals surface area contributed by atoms with Crippen molar-refractivity contribution < 1.29 is 5.11 Å². The van der Waals surface area contributed by atoms with Crippen LogP contribution in [0, 0.1) is 11.8 Å². The first-order valence-electron chi connectivity index (χ1n) is 4.54. The fourth-order valence-electron chi connectivity index (χ4n) is 2.07. The normalized spacial score (nSPS) is 33.6. The predicted molar refractivity (Wildman–Crippen MR) is 47.3 cm³/mol. The summed E-state index contributed by atoms with van der Waals surface area (Å²) < 4.78 is 0. The van der Waals surface area contributed by atoms with Gasteiger partial charge in [-0.3, -0.25) is 0 Å². The molecular weight excluding hydrogens is 136 g/mol. The van der Waals surface area contributed by atoms with Gasteiger partial charge in [-0.1, -0.05) is 19.4 Å². The maximum Gasteiger partial charge on any atom is 0.0571 e. The van der Waals surface area contributed by atoms with Crippen molar-refractivity contribution in [3.63, 3.8) is 0 Å². The molecule has 1 heteroatoms. The van der Waals surface area contributed by atoms with E-state index < -0.39 is 0 Å². The summed E-state index contributed by atoms with van der Waals surface area (Å²) in [6, 6.07) is 0. The number of rotatable bonds is 3. The fourth-order valence-corrected chi connectivity index (χ4v) is 2.07. The minimum atomic E-state index is -0.0371. The van der Waals surface area contributed by atoms with Crippen LogP contribution in [0.15, 0.2) is 12.7 Å². The smallest absolute Gasteiger partial charge is 0.0571 e. The average molecular weight is 154 g/mol. The van der Waals surface area contributed by atoms with Crippen LogP contribution in [0.25, 0.3) is 0 Å². The van der Waals surface area contributed by atoms with Gasteiger partial charge >= 0.3 is 0 Å². The van der Waals surface area contributed by atoms with E-state index in [0.717, 1.165) is 12.8 Å². The standard InChI is InChI=1S/C10H18O/c1-3-5-8(2)9-6-4-7-10(9)11/h3,8-11H,1,4-7H2,2H3. The van der Waals surface area contributed by atoms with Gasteiger partial charge in [0.25, 0.3) is 0 Å². The Hall–Kier alpha value is -0.300. The molecule has 0 aliphatic heterocycles. The van der Waals surface area contributed by atoms with Gasteiger partial charge in [0.1, 0.15) is 0 Å². The van der Waals surface area contributed by atoms with Crippen LogP contribution in [-0.2, 0) is 0 Å². The van der Waals surface area contributed by atoms with Gasteiger partial charge in [-0.25, -0.2) is 0 Å². The Kier molecular flexibility index (Phi) is 3.13. The van der Waals surface area contributed by atoms with Crippen LogP contribution in [0.3, 0.4) is 0 Å². The molecule has 1 rings (SSSR count). The molecule has 0 aromatic rings. The highest BCUT2D eigenvalue weighted by molar-refractivity contribution is 4.83. The zero-order chi connectivity index (χ0) is 8.27. The summed E-state index contributed by atoms with van der Waals surface area (Å²) in [4.78, 5) is 0. The SMILES string of the molecule is C=CCC(C)C1CCCC1O. The zero-order valence-electron chi connectivity index (χ0n) is 7.29. The first-order valence-corrected chi connectivity index (χ1v) is 4.54. The van der Waals surface area contributed by atoms with E-state index in [2.05, 4.69) is 13.5 Å². The Balaban J connectivity index is 2.38. The van der Waals surface area contributed by atoms with Gasteiger partial charge in [0, 0.05) is 0 Å². The highest BCUT2D eigenvalue weighted by Gasteiger charge is 2.28. The Morgan fingerprint density at radius 1 is 1.64 bits per heavy atom. The molecule has 1 fully saturated rings. The third-order valence-corrected chi connectivity index (χ3v) is 2.80. The summed E-state index contributed by atoms with van der Waals surface area (Å²) in [6.07, 6.45) is 6.37. The second-order valence-electron chi connectivity index (χ2n) is 3.66. The van der Waals surface area contributed by atoms with Crippen LogP contribution in [0.1, 0.15) is 32.6 Å². The first-order chi connectivity index (χ1) is 5.25. The predicted octanol–water partition coefficient (Wildman–Crippen LogP) is 2.36. The largest absolute Gasteiger partial charge is 0.393 e. The van der Waals surface area contributed by atoms with E-state index in [9.17, 15) is 5.11 Å². The molecule has 0 heterocycles. The topological polar surface area (TPSA) is 20.2 Å². The lowest BCUT2D eigenvalue weighted by Crippen LogP contribution is -2.20. The van der Waals surface area contributed by atoms with Crippen LogP contribution in [0.4, 0.5) is 0 Å². The van der Waals surface area contributed by atoms with Crippen molar-refractivity contribution in [3.05, 3.63) is 12.7 Å². The van der Waals surface area contributed by atoms with E-state index in [-0.39, 0.29) is 6.10 Å². The molecule has 64 valence electrons. The molecule has 3 unspecified atom stereocenters. The van der Waals surface area contributed by atoms with Crippen LogP contribution in [0.2, 0.25) is 0 Å². The molecule has 1 nitrogen and oxygen atoms in total. The van der Waals surface area contributed by atoms with Gasteiger partial charge in [0.2, 0.25) is 0 Å². The second-order valence-corrected chi connectivity index (χ2v) is 3.66. The molecule has 0 radical (unpaired) electrons. The molecule has 0 saturated heterocycles. The van der Waals surface area contributed by atoms with Crippen LogP contribution in [-0.4, -0.2) is 11.2 Å². The summed E-state index contributed by atoms with van der Waals surface area (Å²) in [5.74, 6) is 1.15. The average Bonchev–Trinajstić information content (AvgIpc) is 2.36. The summed E-state index contributed by atoms with van der Waals surface area (Å²) in [5.41, 5.74) is 0. The minimum Gasteiger partial charge on any atom is -0.393 e. The van der Waals surface area contributed by atoms with Crippen molar-refractivity contribution in [1.29, 1.82) is 0 Å². The van der Waals surface area contributed by atoms with E-state index in [1.807, 2.05) is 6.08 Å². The minimum absolute atomic E-state index is 0.0371. The fraction of sp³-hybridized carbons (Fsp3) is 0.800. The van der Waals surface area contributed by atoms with Crippen LogP contribution in [0.5, 0.6) is 0 Å². The van der Waals surface area contributed by atoms with E-state index in [0.29, 0.717) is 11.8 Å². The number of hydrogen-bond donors (Lipinski definition) is 1. The third kappa shape index (κ3) is 2.06. The van der Waals surface area contributed by atoms with Crippen LogP contribution >= 0.6 is 0 Å². The van der Waals surface area contributed by atoms with Gasteiger partial charge < -0.3 is 5.11 Å². The number of aliphatic hydroxyl groups excluding tert-OH is 1. The monoisotopic (exact) mass is 154 g/mol. The number of hydrogen-bond acceptors (Lipinski definition) is 1. The van der Waals surface area contributed by atoms with Crippen molar-refractivity contribution in [1.82, 2.24) is 0 Å². The Bertz CT molecular complexity index is 131. The Morgan fingerprint density at radius 2 is 2.36 bits per heavy atom. The molecule has 1 aliphatic carbocycles. The zero-order valence-corrected chi connectivity index (χ0v) is 7.29. The van der Waals surface area contributed by atoms with Gasteiger partial charge in [-0.2, -0.15) is 0 Å². The quantitative estimate of drug-likeness (QED) is 0.619. The first kappa shape index (κ1) is 8.79. The van der Waals surface area contributed by atoms with Crippen molar-refractivity contribution in [2.75, 3.05) is 0 Å². The third-order valence-electron chi connectivity index (χ3n) is 2.80. The maximum absolute atomic E-state index is 9.55. The molecule has 1 N–H and O–H groups in total. The Labute approximate surface area is 69.1 Å². The second kappa shape index (κ2) is 3.91. The van der Waals surface area contributed by atoms with Crippen molar-refractivity contribution in [2.45, 2.75) is 38.7 Å². The summed E-state index contributed by atoms with van der Waals surface area (Å²) >= 11 is 0. The van der Waals surface area contributed by atoms with Gasteiger partial charge in [-0.15, -0.1) is 6.58 Å². The highest BCUT2D eigenvalue weighted by atomic mass is 16.3. The summed E-state index contributed by atoms with van der Waals surface area (Å²) in [6.45, 7) is 5.92. The maximum atomic E-state index is 9.55. The molecule has 0 amide bonds. The van der Waals surface area contributed by atoms with Crippen molar-refractivity contribution >= 4 is 0 Å². The number of aliphatic hydroxyl groups is 1. The lowest BCUT2D eigenvalue weighted by Gasteiger charge is -2.20. The number of allylic oxidation sites excluding steroid dienone is 1. The van der Waals surface area contributed by atoms with Gasteiger partial charge in [0.15, 0.2) is 0 Å².